The van der Waals surface area contributed by atoms with E-state index in [2.05, 4.69) is 20.8 Å². The first-order chi connectivity index (χ1) is 9.95. The highest BCUT2D eigenvalue weighted by atomic mass is 79.9. The fourth-order valence-corrected chi connectivity index (χ4v) is 3.88. The van der Waals surface area contributed by atoms with Crippen LogP contribution in [0.15, 0.2) is 27.6 Å². The molecule has 1 fully saturated rings. The second-order valence-electron chi connectivity index (χ2n) is 4.81. The van der Waals surface area contributed by atoms with Crippen molar-refractivity contribution in [1.29, 1.82) is 0 Å². The van der Waals surface area contributed by atoms with Crippen LogP contribution in [0.1, 0.15) is 0 Å². The van der Waals surface area contributed by atoms with Gasteiger partial charge in [-0.15, -0.1) is 0 Å². The number of benzene rings is 1. The van der Waals surface area contributed by atoms with E-state index in [1.807, 2.05) is 0 Å². The van der Waals surface area contributed by atoms with E-state index >= 15 is 0 Å². The lowest BCUT2D eigenvalue weighted by molar-refractivity contribution is 0.123. The highest BCUT2D eigenvalue weighted by Gasteiger charge is 2.28. The third-order valence-corrected chi connectivity index (χ3v) is 6.01. The Balaban J connectivity index is 2.06. The van der Waals surface area contributed by atoms with E-state index in [9.17, 15) is 12.8 Å². The Labute approximate surface area is 132 Å². The zero-order valence-corrected chi connectivity index (χ0v) is 14.2. The molecule has 0 amide bonds. The predicted octanol–water partition coefficient (Wildman–Crippen LogP) is 1.54. The fraction of sp³-hybridized carbons (Fsp3) is 0.538. The van der Waals surface area contributed by atoms with Crippen molar-refractivity contribution in [2.75, 3.05) is 46.4 Å². The number of hydrogen-bond donors (Lipinski definition) is 0. The molecule has 1 saturated heterocycles. The van der Waals surface area contributed by atoms with Crippen molar-refractivity contribution < 1.29 is 17.5 Å². The summed E-state index contributed by atoms with van der Waals surface area (Å²) in [6, 6.07) is 3.88. The van der Waals surface area contributed by atoms with Crippen LogP contribution in [0.4, 0.5) is 4.39 Å². The molecule has 21 heavy (non-hydrogen) atoms. The molecule has 0 saturated carbocycles. The molecule has 1 aliphatic heterocycles. The van der Waals surface area contributed by atoms with Gasteiger partial charge in [0, 0.05) is 39.8 Å². The Kier molecular flexibility index (Phi) is 5.73. The van der Waals surface area contributed by atoms with Crippen LogP contribution in [-0.4, -0.2) is 64.1 Å². The number of sulfonamides is 1. The molecule has 118 valence electrons. The van der Waals surface area contributed by atoms with Crippen LogP contribution >= 0.6 is 15.9 Å². The molecule has 0 radical (unpaired) electrons. The number of rotatable bonds is 5. The van der Waals surface area contributed by atoms with Crippen LogP contribution in [0.3, 0.4) is 0 Å². The van der Waals surface area contributed by atoms with Gasteiger partial charge in [-0.1, -0.05) is 0 Å². The van der Waals surface area contributed by atoms with Gasteiger partial charge in [-0.05, 0) is 34.1 Å². The molecule has 0 bridgehead atoms. The average Bonchev–Trinajstić information content (AvgIpc) is 2.48. The lowest BCUT2D eigenvalue weighted by Crippen LogP contribution is -2.49. The quantitative estimate of drug-likeness (QED) is 0.777. The second kappa shape index (κ2) is 7.15. The standard InChI is InChI=1S/C13H18BrFN2O3S/c1-20-9-8-16-4-6-17(7-5-16)21(18,19)11-2-3-12(14)13(15)10-11/h2-3,10H,4-9H2,1H3. The molecular weight excluding hydrogens is 363 g/mol. The molecular formula is C13H18BrFN2O3S. The Hall–Kier alpha value is -0.540. The first-order valence-corrected chi connectivity index (χ1v) is 8.85. The second-order valence-corrected chi connectivity index (χ2v) is 7.61. The smallest absolute Gasteiger partial charge is 0.243 e. The first-order valence-electron chi connectivity index (χ1n) is 6.61. The molecule has 0 aliphatic carbocycles. The Morgan fingerprint density at radius 1 is 1.29 bits per heavy atom. The van der Waals surface area contributed by atoms with Gasteiger partial charge in [0.05, 0.1) is 16.0 Å². The van der Waals surface area contributed by atoms with Gasteiger partial charge in [0.15, 0.2) is 0 Å². The third-order valence-electron chi connectivity index (χ3n) is 3.47. The molecule has 0 N–H and O–H groups in total. The minimum Gasteiger partial charge on any atom is -0.383 e. The van der Waals surface area contributed by atoms with Gasteiger partial charge in [-0.25, -0.2) is 12.8 Å². The summed E-state index contributed by atoms with van der Waals surface area (Å²) in [6.07, 6.45) is 0. The molecule has 0 atom stereocenters. The van der Waals surface area contributed by atoms with Crippen molar-refractivity contribution >= 4 is 26.0 Å². The van der Waals surface area contributed by atoms with Crippen LogP contribution in [0.5, 0.6) is 0 Å². The number of ether oxygens (including phenoxy) is 1. The lowest BCUT2D eigenvalue weighted by atomic mass is 10.3. The van der Waals surface area contributed by atoms with Gasteiger partial charge in [-0.3, -0.25) is 4.90 Å². The average molecular weight is 381 g/mol. The summed E-state index contributed by atoms with van der Waals surface area (Å²) in [4.78, 5) is 2.14. The highest BCUT2D eigenvalue weighted by Crippen LogP contribution is 2.22. The van der Waals surface area contributed by atoms with Crippen molar-refractivity contribution in [3.05, 3.63) is 28.5 Å². The number of methoxy groups -OCH3 is 1. The fourth-order valence-electron chi connectivity index (χ4n) is 2.20. The van der Waals surface area contributed by atoms with Crippen molar-refractivity contribution in [3.63, 3.8) is 0 Å². The van der Waals surface area contributed by atoms with Crippen LogP contribution in [0, 0.1) is 5.82 Å². The van der Waals surface area contributed by atoms with Gasteiger partial charge in [-0.2, -0.15) is 4.31 Å². The minimum atomic E-state index is -3.63. The number of halogens is 2. The molecule has 0 unspecified atom stereocenters. The monoisotopic (exact) mass is 380 g/mol. The van der Waals surface area contributed by atoms with Crippen molar-refractivity contribution in [2.45, 2.75) is 4.90 Å². The largest absolute Gasteiger partial charge is 0.383 e. The number of nitrogens with zero attached hydrogens (tertiary/aromatic N) is 2. The Bertz CT molecular complexity index is 589. The van der Waals surface area contributed by atoms with E-state index in [1.54, 1.807) is 7.11 Å². The molecule has 1 aromatic carbocycles. The zero-order valence-electron chi connectivity index (χ0n) is 11.8. The molecule has 1 aliphatic rings. The molecule has 0 aromatic heterocycles. The number of hydrogen-bond acceptors (Lipinski definition) is 4. The summed E-state index contributed by atoms with van der Waals surface area (Å²) in [6.45, 7) is 3.54. The van der Waals surface area contributed by atoms with Crippen molar-refractivity contribution in [2.24, 2.45) is 0 Å². The lowest BCUT2D eigenvalue weighted by Gasteiger charge is -2.33. The van der Waals surface area contributed by atoms with Gasteiger partial charge < -0.3 is 4.74 Å². The SMILES string of the molecule is COCCN1CCN(S(=O)(=O)c2ccc(Br)c(F)c2)CC1. The maximum Gasteiger partial charge on any atom is 0.243 e. The summed E-state index contributed by atoms with van der Waals surface area (Å²) in [5.41, 5.74) is 0. The van der Waals surface area contributed by atoms with E-state index in [-0.39, 0.29) is 9.37 Å². The maximum atomic E-state index is 13.5. The Morgan fingerprint density at radius 3 is 2.52 bits per heavy atom. The van der Waals surface area contributed by atoms with Crippen LogP contribution in [-0.2, 0) is 14.8 Å². The minimum absolute atomic E-state index is 0.00598. The topological polar surface area (TPSA) is 49.9 Å². The molecule has 1 heterocycles. The van der Waals surface area contributed by atoms with E-state index in [0.717, 1.165) is 12.6 Å². The predicted molar refractivity (Wildman–Crippen MR) is 81.2 cm³/mol. The zero-order chi connectivity index (χ0) is 15.5. The highest BCUT2D eigenvalue weighted by molar-refractivity contribution is 9.10. The summed E-state index contributed by atoms with van der Waals surface area (Å²) in [7, 11) is -1.99. The molecule has 5 nitrogen and oxygen atoms in total. The van der Waals surface area contributed by atoms with Gasteiger partial charge in [0.2, 0.25) is 10.0 Å². The van der Waals surface area contributed by atoms with Crippen molar-refractivity contribution in [3.8, 4) is 0 Å². The summed E-state index contributed by atoms with van der Waals surface area (Å²) >= 11 is 3.02. The molecule has 0 spiro atoms. The van der Waals surface area contributed by atoms with Gasteiger partial charge >= 0.3 is 0 Å². The maximum absolute atomic E-state index is 13.5. The van der Waals surface area contributed by atoms with Gasteiger partial charge in [0.25, 0.3) is 0 Å². The van der Waals surface area contributed by atoms with E-state index in [4.69, 9.17) is 4.74 Å². The molecule has 8 heteroatoms. The van der Waals surface area contributed by atoms with Gasteiger partial charge in [0.1, 0.15) is 5.82 Å². The van der Waals surface area contributed by atoms with Crippen LogP contribution < -0.4 is 0 Å². The molecule has 1 aromatic rings. The van der Waals surface area contributed by atoms with E-state index in [1.165, 1.54) is 16.4 Å². The van der Waals surface area contributed by atoms with Crippen molar-refractivity contribution in [1.82, 2.24) is 9.21 Å². The number of piperazine rings is 1. The first kappa shape index (κ1) is 16.8. The summed E-state index contributed by atoms with van der Waals surface area (Å²) in [5.74, 6) is -0.574. The normalized spacial score (nSPS) is 18.0. The summed E-state index contributed by atoms with van der Waals surface area (Å²) in [5, 5.41) is 0. The van der Waals surface area contributed by atoms with E-state index < -0.39 is 15.8 Å². The summed E-state index contributed by atoms with van der Waals surface area (Å²) < 4.78 is 45.1. The third kappa shape index (κ3) is 4.01. The Morgan fingerprint density at radius 2 is 1.95 bits per heavy atom. The van der Waals surface area contributed by atoms with E-state index in [0.29, 0.717) is 32.8 Å². The molecule has 2 rings (SSSR count). The van der Waals surface area contributed by atoms with Crippen LogP contribution in [0.2, 0.25) is 0 Å². The van der Waals surface area contributed by atoms with Crippen LogP contribution in [0.25, 0.3) is 0 Å².